The Balaban J connectivity index is 1.97. The molecule has 6 nitrogen and oxygen atoms in total. The van der Waals surface area contributed by atoms with E-state index in [1.807, 2.05) is 0 Å². The molecule has 106 valence electrons. The van der Waals surface area contributed by atoms with Gasteiger partial charge in [0.1, 0.15) is 0 Å². The van der Waals surface area contributed by atoms with Gasteiger partial charge in [0.25, 0.3) is 0 Å². The molecule has 1 unspecified atom stereocenters. The highest BCUT2D eigenvalue weighted by molar-refractivity contribution is 5.90. The minimum atomic E-state index is -0.903. The van der Waals surface area contributed by atoms with Crippen LogP contribution in [0.3, 0.4) is 0 Å². The Morgan fingerprint density at radius 3 is 2.58 bits per heavy atom. The van der Waals surface area contributed by atoms with Crippen molar-refractivity contribution in [1.29, 1.82) is 0 Å². The number of carbonyl (C=O) groups excluding carboxylic acids is 2. The quantitative estimate of drug-likeness (QED) is 0.758. The van der Waals surface area contributed by atoms with Crippen molar-refractivity contribution in [1.82, 2.24) is 4.90 Å². The third kappa shape index (κ3) is 3.05. The fraction of sp³-hybridized carbons (Fsp3) is 0.769. The molecule has 1 aliphatic carbocycles. The highest BCUT2D eigenvalue weighted by Crippen LogP contribution is 2.41. The molecule has 0 aromatic heterocycles. The second-order valence-electron chi connectivity index (χ2n) is 5.25. The summed E-state index contributed by atoms with van der Waals surface area (Å²) in [6, 6.07) is -0.135. The molecule has 0 radical (unpaired) electrons. The van der Waals surface area contributed by atoms with Crippen LogP contribution >= 0.6 is 0 Å². The van der Waals surface area contributed by atoms with Crippen LogP contribution in [0.4, 0.5) is 0 Å². The summed E-state index contributed by atoms with van der Waals surface area (Å²) in [4.78, 5) is 36.1. The summed E-state index contributed by atoms with van der Waals surface area (Å²) in [5.41, 5.74) is 0. The molecule has 2 aliphatic rings. The highest BCUT2D eigenvalue weighted by Gasteiger charge is 2.50. The lowest BCUT2D eigenvalue weighted by atomic mass is 9.98. The van der Waals surface area contributed by atoms with Crippen LogP contribution in [0.25, 0.3) is 0 Å². The number of hydrogen-bond donors (Lipinski definition) is 1. The fourth-order valence-electron chi connectivity index (χ4n) is 2.73. The van der Waals surface area contributed by atoms with E-state index in [9.17, 15) is 14.4 Å². The second-order valence-corrected chi connectivity index (χ2v) is 5.25. The molecule has 0 aromatic rings. The summed E-state index contributed by atoms with van der Waals surface area (Å²) >= 11 is 0. The fourth-order valence-corrected chi connectivity index (χ4v) is 2.73. The van der Waals surface area contributed by atoms with Gasteiger partial charge >= 0.3 is 11.9 Å². The van der Waals surface area contributed by atoms with Gasteiger partial charge < -0.3 is 14.7 Å². The molecule has 6 heteroatoms. The van der Waals surface area contributed by atoms with Crippen molar-refractivity contribution < 1.29 is 24.2 Å². The average Bonchev–Trinajstić information content (AvgIpc) is 3.19. The van der Waals surface area contributed by atoms with Crippen LogP contribution in [0.1, 0.15) is 32.1 Å². The first-order valence-electron chi connectivity index (χ1n) is 6.64. The van der Waals surface area contributed by atoms with Crippen LogP contribution in [0.2, 0.25) is 0 Å². The van der Waals surface area contributed by atoms with Crippen LogP contribution in [-0.4, -0.2) is 47.5 Å². The molecular weight excluding hydrogens is 250 g/mol. The first kappa shape index (κ1) is 13.8. The molecule has 1 aliphatic heterocycles. The lowest BCUT2D eigenvalue weighted by Crippen LogP contribution is -2.46. The number of methoxy groups -OCH3 is 1. The number of nitrogens with zero attached hydrogens (tertiary/aromatic N) is 1. The van der Waals surface area contributed by atoms with Crippen LogP contribution in [0.15, 0.2) is 0 Å². The number of rotatable bonds is 4. The molecule has 1 amide bonds. The molecule has 0 spiro atoms. The normalized spacial score (nSPS) is 29.7. The zero-order chi connectivity index (χ0) is 14.0. The molecule has 2 fully saturated rings. The van der Waals surface area contributed by atoms with E-state index in [4.69, 9.17) is 5.11 Å². The maximum atomic E-state index is 12.3. The Bertz CT molecular complexity index is 394. The number of likely N-dealkylation sites (tertiary alicyclic amines) is 1. The molecule has 1 saturated carbocycles. The van der Waals surface area contributed by atoms with Crippen LogP contribution in [0, 0.1) is 11.8 Å². The van der Waals surface area contributed by atoms with Gasteiger partial charge in [-0.05, 0) is 25.7 Å². The van der Waals surface area contributed by atoms with Crippen LogP contribution in [-0.2, 0) is 19.1 Å². The summed E-state index contributed by atoms with van der Waals surface area (Å²) < 4.78 is 4.65. The van der Waals surface area contributed by atoms with E-state index < -0.39 is 17.8 Å². The van der Waals surface area contributed by atoms with Crippen LogP contribution in [0.5, 0.6) is 0 Å². The maximum absolute atomic E-state index is 12.3. The standard InChI is InChI=1S/C13H19NO5/c1-19-11(15)6-8-4-2-3-5-14(8)12(16)9-7-10(9)13(17)18/h8-10H,2-7H2,1H3,(H,17,18)/t8?,9-,10+/m1/s1. The number of carboxylic acids is 1. The minimum absolute atomic E-state index is 0.110. The van der Waals surface area contributed by atoms with Gasteiger partial charge in [0, 0.05) is 12.6 Å². The lowest BCUT2D eigenvalue weighted by molar-refractivity contribution is -0.147. The van der Waals surface area contributed by atoms with E-state index in [1.54, 1.807) is 4.90 Å². The summed E-state index contributed by atoms with van der Waals surface area (Å²) in [7, 11) is 1.33. The maximum Gasteiger partial charge on any atom is 0.307 e. The van der Waals surface area contributed by atoms with Crippen molar-refractivity contribution in [2.24, 2.45) is 11.8 Å². The number of ether oxygens (including phenoxy) is 1. The predicted octanol–water partition coefficient (Wildman–Crippen LogP) is 0.651. The average molecular weight is 269 g/mol. The molecule has 0 aromatic carbocycles. The number of carbonyl (C=O) groups is 3. The van der Waals surface area contributed by atoms with Gasteiger partial charge in [0.05, 0.1) is 25.4 Å². The molecule has 19 heavy (non-hydrogen) atoms. The first-order valence-corrected chi connectivity index (χ1v) is 6.64. The second kappa shape index (κ2) is 5.59. The molecule has 1 saturated heterocycles. The Hall–Kier alpha value is -1.59. The Kier molecular flexibility index (Phi) is 4.07. The third-order valence-corrected chi connectivity index (χ3v) is 3.97. The Morgan fingerprint density at radius 1 is 1.26 bits per heavy atom. The summed E-state index contributed by atoms with van der Waals surface area (Å²) in [5.74, 6) is -2.26. The highest BCUT2D eigenvalue weighted by atomic mass is 16.5. The van der Waals surface area contributed by atoms with Crippen molar-refractivity contribution in [3.8, 4) is 0 Å². The van der Waals surface area contributed by atoms with E-state index >= 15 is 0 Å². The first-order chi connectivity index (χ1) is 9.04. The van der Waals surface area contributed by atoms with Crippen molar-refractivity contribution >= 4 is 17.8 Å². The number of piperidine rings is 1. The number of esters is 1. The van der Waals surface area contributed by atoms with E-state index in [1.165, 1.54) is 7.11 Å². The van der Waals surface area contributed by atoms with E-state index in [-0.39, 0.29) is 24.3 Å². The molecule has 1 N–H and O–H groups in total. The van der Waals surface area contributed by atoms with Crippen molar-refractivity contribution in [3.05, 3.63) is 0 Å². The smallest absolute Gasteiger partial charge is 0.307 e. The topological polar surface area (TPSA) is 83.9 Å². The SMILES string of the molecule is COC(=O)CC1CCCCN1C(=O)[C@@H]1C[C@@H]1C(=O)O. The number of amides is 1. The number of carboxylic acid groups (broad SMARTS) is 1. The van der Waals surface area contributed by atoms with Gasteiger partial charge in [-0.3, -0.25) is 14.4 Å². The van der Waals surface area contributed by atoms with Gasteiger partial charge in [0.2, 0.25) is 5.91 Å². The molecule has 0 bridgehead atoms. The van der Waals surface area contributed by atoms with E-state index in [0.29, 0.717) is 13.0 Å². The molecule has 3 atom stereocenters. The van der Waals surface area contributed by atoms with E-state index in [2.05, 4.69) is 4.74 Å². The number of aliphatic carboxylic acids is 1. The summed E-state index contributed by atoms with van der Waals surface area (Å²) in [5, 5.41) is 8.88. The molecule has 2 rings (SSSR count). The Labute approximate surface area is 111 Å². The monoisotopic (exact) mass is 269 g/mol. The lowest BCUT2D eigenvalue weighted by Gasteiger charge is -2.35. The van der Waals surface area contributed by atoms with Gasteiger partial charge in [-0.15, -0.1) is 0 Å². The van der Waals surface area contributed by atoms with Crippen molar-refractivity contribution in [2.75, 3.05) is 13.7 Å². The molecular formula is C13H19NO5. The van der Waals surface area contributed by atoms with Gasteiger partial charge in [-0.25, -0.2) is 0 Å². The van der Waals surface area contributed by atoms with Gasteiger partial charge in [0.15, 0.2) is 0 Å². The van der Waals surface area contributed by atoms with Crippen molar-refractivity contribution in [2.45, 2.75) is 38.1 Å². The van der Waals surface area contributed by atoms with E-state index in [0.717, 1.165) is 19.3 Å². The zero-order valence-corrected chi connectivity index (χ0v) is 11.0. The molecule has 1 heterocycles. The van der Waals surface area contributed by atoms with Crippen molar-refractivity contribution in [3.63, 3.8) is 0 Å². The zero-order valence-electron chi connectivity index (χ0n) is 11.0. The predicted molar refractivity (Wildman–Crippen MR) is 65.2 cm³/mol. The van der Waals surface area contributed by atoms with Gasteiger partial charge in [-0.1, -0.05) is 0 Å². The number of hydrogen-bond acceptors (Lipinski definition) is 4. The largest absolute Gasteiger partial charge is 0.481 e. The Morgan fingerprint density at radius 2 is 2.00 bits per heavy atom. The summed E-state index contributed by atoms with van der Waals surface area (Å²) in [6.45, 7) is 0.614. The third-order valence-electron chi connectivity index (χ3n) is 3.97. The summed E-state index contributed by atoms with van der Waals surface area (Å²) in [6.07, 6.45) is 3.31. The van der Waals surface area contributed by atoms with Crippen LogP contribution < -0.4 is 0 Å². The minimum Gasteiger partial charge on any atom is -0.481 e. The van der Waals surface area contributed by atoms with Gasteiger partial charge in [-0.2, -0.15) is 0 Å².